The van der Waals surface area contributed by atoms with Crippen LogP contribution in [0, 0.1) is 10.1 Å². The number of rotatable bonds is 7. The fourth-order valence-electron chi connectivity index (χ4n) is 1.94. The second-order valence-corrected chi connectivity index (χ2v) is 7.97. The summed E-state index contributed by atoms with van der Waals surface area (Å²) in [5.41, 5.74) is 0.381. The Kier molecular flexibility index (Phi) is 6.11. The van der Waals surface area contributed by atoms with Gasteiger partial charge in [0.2, 0.25) is 0 Å². The summed E-state index contributed by atoms with van der Waals surface area (Å²) in [6.07, 6.45) is 0. The second kappa shape index (κ2) is 8.11. The molecule has 26 heavy (non-hydrogen) atoms. The zero-order valence-electron chi connectivity index (χ0n) is 13.5. The van der Waals surface area contributed by atoms with Crippen LogP contribution in [0.5, 0.6) is 0 Å². The van der Waals surface area contributed by atoms with Gasteiger partial charge in [0.25, 0.3) is 15.7 Å². The number of carbonyl (C=O) groups excluding carboxylic acids is 2. The number of carbonyl (C=O) groups is 2. The zero-order valence-corrected chi connectivity index (χ0v) is 15.2. The second-order valence-electron chi connectivity index (χ2n) is 5.14. The predicted octanol–water partition coefficient (Wildman–Crippen LogP) is 2.86. The fraction of sp³-hybridized carbons (Fsp3) is 0.125. The number of nitrogens with one attached hydrogen (secondary N) is 1. The number of thioether (sulfide) groups is 1. The molecule has 0 aliphatic rings. The average molecular weight is 394 g/mol. The summed E-state index contributed by atoms with van der Waals surface area (Å²) >= 11 is 0.901. The number of hydrogen-bond acceptors (Lipinski definition) is 7. The highest BCUT2D eigenvalue weighted by molar-refractivity contribution is 8.14. The predicted molar refractivity (Wildman–Crippen MR) is 97.8 cm³/mol. The number of sulfonamides is 1. The van der Waals surface area contributed by atoms with Crippen molar-refractivity contribution < 1.29 is 22.9 Å². The van der Waals surface area contributed by atoms with Crippen LogP contribution in [0.1, 0.15) is 17.3 Å². The van der Waals surface area contributed by atoms with Gasteiger partial charge >= 0.3 is 0 Å². The minimum absolute atomic E-state index is 0.0171. The molecule has 8 nitrogen and oxygen atoms in total. The van der Waals surface area contributed by atoms with Crippen LogP contribution in [0.2, 0.25) is 0 Å². The molecule has 0 unspecified atom stereocenters. The maximum absolute atomic E-state index is 12.3. The van der Waals surface area contributed by atoms with Gasteiger partial charge in [-0.15, -0.1) is 0 Å². The normalized spacial score (nSPS) is 11.0. The summed E-state index contributed by atoms with van der Waals surface area (Å²) in [7, 11) is -3.92. The molecule has 0 aliphatic heterocycles. The maximum atomic E-state index is 12.3. The van der Waals surface area contributed by atoms with E-state index in [1.807, 2.05) is 0 Å². The van der Waals surface area contributed by atoms with E-state index >= 15 is 0 Å². The summed E-state index contributed by atoms with van der Waals surface area (Å²) in [5, 5.41) is 10.5. The van der Waals surface area contributed by atoms with Crippen LogP contribution >= 0.6 is 11.8 Å². The molecule has 0 spiro atoms. The average Bonchev–Trinajstić information content (AvgIpc) is 2.60. The van der Waals surface area contributed by atoms with E-state index in [4.69, 9.17) is 0 Å². The highest BCUT2D eigenvalue weighted by atomic mass is 32.2. The van der Waals surface area contributed by atoms with Gasteiger partial charge in [0, 0.05) is 30.3 Å². The first-order chi connectivity index (χ1) is 12.2. The molecule has 0 aliphatic carbocycles. The van der Waals surface area contributed by atoms with Crippen molar-refractivity contribution in [3.05, 3.63) is 64.2 Å². The van der Waals surface area contributed by atoms with Gasteiger partial charge in [0.1, 0.15) is 0 Å². The van der Waals surface area contributed by atoms with Gasteiger partial charge in [-0.1, -0.05) is 11.8 Å². The molecular formula is C16H14N2O6S2. The van der Waals surface area contributed by atoms with E-state index in [9.17, 15) is 28.1 Å². The molecule has 0 radical (unpaired) electrons. The first-order valence-electron chi connectivity index (χ1n) is 7.23. The van der Waals surface area contributed by atoms with Gasteiger partial charge in [-0.2, -0.15) is 0 Å². The van der Waals surface area contributed by atoms with Crippen molar-refractivity contribution in [1.29, 1.82) is 0 Å². The van der Waals surface area contributed by atoms with Crippen molar-refractivity contribution in [3.8, 4) is 0 Å². The van der Waals surface area contributed by atoms with Crippen LogP contribution in [0.15, 0.2) is 53.4 Å². The lowest BCUT2D eigenvalue weighted by molar-refractivity contribution is -0.384. The smallest absolute Gasteiger partial charge is 0.269 e. The SMILES string of the molecule is CC(=O)SCC(=O)c1ccc(NS(=O)(=O)c2ccc([N+](=O)[O-])cc2)cc1. The van der Waals surface area contributed by atoms with Crippen LogP contribution in [-0.4, -0.2) is 30.0 Å². The van der Waals surface area contributed by atoms with Crippen LogP contribution in [0.3, 0.4) is 0 Å². The number of nitro groups is 1. The summed E-state index contributed by atoms with van der Waals surface area (Å²) in [6.45, 7) is 1.37. The van der Waals surface area contributed by atoms with E-state index in [1.54, 1.807) is 0 Å². The lowest BCUT2D eigenvalue weighted by atomic mass is 10.1. The van der Waals surface area contributed by atoms with Gasteiger partial charge in [0.05, 0.1) is 15.6 Å². The Morgan fingerprint density at radius 2 is 1.65 bits per heavy atom. The largest absolute Gasteiger partial charge is 0.293 e. The number of Topliss-reactive ketones (excluding diaryl/α,β-unsaturated/α-hetero) is 1. The molecule has 0 bridgehead atoms. The molecule has 0 saturated heterocycles. The van der Waals surface area contributed by atoms with Crippen molar-refractivity contribution >= 4 is 44.1 Å². The summed E-state index contributed by atoms with van der Waals surface area (Å²) < 4.78 is 26.9. The number of anilines is 1. The summed E-state index contributed by atoms with van der Waals surface area (Å²) in [5.74, 6) is -0.224. The maximum Gasteiger partial charge on any atom is 0.269 e. The number of nitrogens with zero attached hydrogens (tertiary/aromatic N) is 1. The van der Waals surface area contributed by atoms with E-state index in [0.29, 0.717) is 5.56 Å². The Hall–Kier alpha value is -2.72. The molecule has 10 heteroatoms. The highest BCUT2D eigenvalue weighted by Crippen LogP contribution is 2.20. The lowest BCUT2D eigenvalue weighted by Crippen LogP contribution is -2.13. The van der Waals surface area contributed by atoms with E-state index < -0.39 is 14.9 Å². The van der Waals surface area contributed by atoms with Crippen LogP contribution in [0.4, 0.5) is 11.4 Å². The third-order valence-electron chi connectivity index (χ3n) is 3.22. The van der Waals surface area contributed by atoms with Crippen LogP contribution in [0.25, 0.3) is 0 Å². The fourth-order valence-corrected chi connectivity index (χ4v) is 3.50. The van der Waals surface area contributed by atoms with Gasteiger partial charge in [-0.25, -0.2) is 8.42 Å². The van der Waals surface area contributed by atoms with Gasteiger partial charge in [-0.05, 0) is 36.4 Å². The van der Waals surface area contributed by atoms with E-state index in [1.165, 1.54) is 31.2 Å². The minimum Gasteiger partial charge on any atom is -0.293 e. The third kappa shape index (κ3) is 5.14. The van der Waals surface area contributed by atoms with Crippen molar-refractivity contribution in [1.82, 2.24) is 0 Å². The van der Waals surface area contributed by atoms with E-state index in [0.717, 1.165) is 36.0 Å². The van der Waals surface area contributed by atoms with Crippen molar-refractivity contribution in [2.75, 3.05) is 10.5 Å². The monoisotopic (exact) mass is 394 g/mol. The Morgan fingerprint density at radius 3 is 2.15 bits per heavy atom. The van der Waals surface area contributed by atoms with Crippen molar-refractivity contribution in [2.24, 2.45) is 0 Å². The Labute approximate surface area is 153 Å². The molecule has 1 N–H and O–H groups in total. The Balaban J connectivity index is 2.10. The molecular weight excluding hydrogens is 380 g/mol. The Morgan fingerprint density at radius 1 is 1.08 bits per heavy atom. The molecule has 2 aromatic rings. The minimum atomic E-state index is -3.92. The van der Waals surface area contributed by atoms with Crippen LogP contribution < -0.4 is 4.72 Å². The topological polar surface area (TPSA) is 123 Å². The number of hydrogen-bond donors (Lipinski definition) is 1. The molecule has 2 aromatic carbocycles. The summed E-state index contributed by atoms with van der Waals surface area (Å²) in [4.78, 5) is 32.6. The number of ketones is 1. The molecule has 136 valence electrons. The van der Waals surface area contributed by atoms with Gasteiger partial charge in [-0.3, -0.25) is 24.4 Å². The quantitative estimate of drug-likeness (QED) is 0.435. The van der Waals surface area contributed by atoms with Crippen LogP contribution in [-0.2, 0) is 14.8 Å². The Bertz CT molecular complexity index is 938. The van der Waals surface area contributed by atoms with Gasteiger partial charge < -0.3 is 0 Å². The first-order valence-corrected chi connectivity index (χ1v) is 9.70. The molecule has 0 aromatic heterocycles. The first kappa shape index (κ1) is 19.6. The number of nitro benzene ring substituents is 1. The molecule has 0 atom stereocenters. The molecule has 0 heterocycles. The lowest BCUT2D eigenvalue weighted by Gasteiger charge is -2.08. The number of benzene rings is 2. The van der Waals surface area contributed by atoms with Gasteiger partial charge in [0.15, 0.2) is 10.9 Å². The van der Waals surface area contributed by atoms with E-state index in [-0.39, 0.29) is 32.9 Å². The number of non-ortho nitro benzene ring substituents is 1. The van der Waals surface area contributed by atoms with Crippen molar-refractivity contribution in [3.63, 3.8) is 0 Å². The molecule has 0 saturated carbocycles. The summed E-state index contributed by atoms with van der Waals surface area (Å²) in [6, 6.07) is 10.2. The molecule has 0 amide bonds. The molecule has 0 fully saturated rings. The zero-order chi connectivity index (χ0) is 19.3. The molecule has 2 rings (SSSR count). The third-order valence-corrected chi connectivity index (χ3v) is 5.43. The van der Waals surface area contributed by atoms with Crippen molar-refractivity contribution in [2.45, 2.75) is 11.8 Å². The van der Waals surface area contributed by atoms with E-state index in [2.05, 4.69) is 4.72 Å². The standard InChI is InChI=1S/C16H14N2O6S2/c1-11(19)25-10-16(20)12-2-4-13(5-3-12)17-26(23,24)15-8-6-14(7-9-15)18(21)22/h2-9,17H,10H2,1H3. The highest BCUT2D eigenvalue weighted by Gasteiger charge is 2.16.